The molecule has 2 aromatic carbocycles. The number of aromatic nitrogens is 1. The van der Waals surface area contributed by atoms with Crippen LogP contribution >= 0.6 is 0 Å². The van der Waals surface area contributed by atoms with Crippen molar-refractivity contribution in [2.24, 2.45) is 0 Å². The van der Waals surface area contributed by atoms with Crippen molar-refractivity contribution in [3.63, 3.8) is 0 Å². The fourth-order valence-electron chi connectivity index (χ4n) is 3.93. The summed E-state index contributed by atoms with van der Waals surface area (Å²) in [4.78, 5) is 19.9. The van der Waals surface area contributed by atoms with Crippen molar-refractivity contribution in [3.8, 4) is 0 Å². The minimum Gasteiger partial charge on any atom is -0.462 e. The monoisotopic (exact) mass is 360 g/mol. The van der Waals surface area contributed by atoms with Crippen LogP contribution in [0.2, 0.25) is 0 Å². The van der Waals surface area contributed by atoms with Crippen LogP contribution in [0.5, 0.6) is 0 Å². The lowest BCUT2D eigenvalue weighted by Crippen LogP contribution is -2.31. The van der Waals surface area contributed by atoms with Gasteiger partial charge in [0.15, 0.2) is 0 Å². The zero-order chi connectivity index (χ0) is 18.8. The number of ether oxygens (including phenoxy) is 1. The van der Waals surface area contributed by atoms with Crippen molar-refractivity contribution in [1.29, 1.82) is 0 Å². The first-order valence-electron chi connectivity index (χ1n) is 9.52. The fourth-order valence-corrected chi connectivity index (χ4v) is 3.93. The van der Waals surface area contributed by atoms with Gasteiger partial charge in [-0.25, -0.2) is 4.79 Å². The lowest BCUT2D eigenvalue weighted by molar-refractivity contribution is 0.0522. The molecule has 0 aliphatic carbocycles. The average molecular weight is 360 g/mol. The number of para-hydroxylation sites is 1. The number of hydrogen-bond donors (Lipinski definition) is 0. The van der Waals surface area contributed by atoms with Gasteiger partial charge in [-0.3, -0.25) is 9.88 Å². The second-order valence-electron chi connectivity index (χ2n) is 7.03. The molecule has 1 aliphatic rings. The Morgan fingerprint density at radius 3 is 2.67 bits per heavy atom. The summed E-state index contributed by atoms with van der Waals surface area (Å²) in [5.74, 6) is -0.277. The van der Waals surface area contributed by atoms with Crippen molar-refractivity contribution >= 4 is 16.9 Å². The normalized spacial score (nSPS) is 14.1. The van der Waals surface area contributed by atoms with E-state index < -0.39 is 0 Å². The Morgan fingerprint density at radius 1 is 1.11 bits per heavy atom. The van der Waals surface area contributed by atoms with E-state index in [1.165, 1.54) is 11.1 Å². The van der Waals surface area contributed by atoms with Crippen LogP contribution in [0.25, 0.3) is 10.9 Å². The standard InChI is InChI=1S/C23H24N2O2/c1-3-27-23(26)22-16(2)19-10-6-7-11-20(19)24-21(22)15-25-13-12-17-8-4-5-9-18(17)14-25/h4-11H,3,12-15H2,1-2H3. The second kappa shape index (κ2) is 7.49. The predicted molar refractivity (Wildman–Crippen MR) is 107 cm³/mol. The van der Waals surface area contributed by atoms with Crippen molar-refractivity contribution in [1.82, 2.24) is 9.88 Å². The summed E-state index contributed by atoms with van der Waals surface area (Å²) in [7, 11) is 0. The minimum atomic E-state index is -0.277. The first-order chi connectivity index (χ1) is 13.2. The molecule has 0 spiro atoms. The van der Waals surface area contributed by atoms with Crippen LogP contribution < -0.4 is 0 Å². The van der Waals surface area contributed by atoms with E-state index in [2.05, 4.69) is 29.2 Å². The molecule has 4 heteroatoms. The molecule has 4 rings (SSSR count). The third kappa shape index (κ3) is 3.45. The number of hydrogen-bond acceptors (Lipinski definition) is 4. The summed E-state index contributed by atoms with van der Waals surface area (Å²) < 4.78 is 5.35. The maximum atomic E-state index is 12.7. The number of carbonyl (C=O) groups excluding carboxylic acids is 1. The van der Waals surface area contributed by atoms with E-state index in [4.69, 9.17) is 9.72 Å². The third-order valence-electron chi connectivity index (χ3n) is 5.29. The van der Waals surface area contributed by atoms with Gasteiger partial charge in [-0.05, 0) is 43.0 Å². The summed E-state index contributed by atoms with van der Waals surface area (Å²) in [6, 6.07) is 16.6. The Balaban J connectivity index is 1.72. The number of pyridine rings is 1. The van der Waals surface area contributed by atoms with Crippen LogP contribution in [0.1, 0.15) is 39.7 Å². The molecule has 0 N–H and O–H groups in total. The molecule has 2 heterocycles. The Bertz CT molecular complexity index is 997. The van der Waals surface area contributed by atoms with Gasteiger partial charge in [0, 0.05) is 25.0 Å². The van der Waals surface area contributed by atoms with Gasteiger partial charge in [-0.1, -0.05) is 42.5 Å². The van der Waals surface area contributed by atoms with Gasteiger partial charge in [0.05, 0.1) is 23.4 Å². The van der Waals surface area contributed by atoms with E-state index in [0.29, 0.717) is 18.7 Å². The molecule has 0 saturated carbocycles. The van der Waals surface area contributed by atoms with E-state index in [1.54, 1.807) is 0 Å². The quantitative estimate of drug-likeness (QED) is 0.652. The Morgan fingerprint density at radius 2 is 1.85 bits per heavy atom. The Hall–Kier alpha value is -2.72. The maximum absolute atomic E-state index is 12.7. The van der Waals surface area contributed by atoms with Crippen LogP contribution in [-0.4, -0.2) is 29.0 Å². The molecular weight excluding hydrogens is 336 g/mol. The predicted octanol–water partition coefficient (Wildman–Crippen LogP) is 4.28. The molecule has 0 saturated heterocycles. The minimum absolute atomic E-state index is 0.277. The van der Waals surface area contributed by atoms with Crippen LogP contribution in [0.4, 0.5) is 0 Å². The van der Waals surface area contributed by atoms with Gasteiger partial charge in [0.1, 0.15) is 0 Å². The van der Waals surface area contributed by atoms with E-state index in [-0.39, 0.29) is 5.97 Å². The highest BCUT2D eigenvalue weighted by Gasteiger charge is 2.23. The largest absolute Gasteiger partial charge is 0.462 e. The molecule has 0 fully saturated rings. The van der Waals surface area contributed by atoms with Crippen molar-refractivity contribution < 1.29 is 9.53 Å². The highest BCUT2D eigenvalue weighted by Crippen LogP contribution is 2.26. The van der Waals surface area contributed by atoms with Crippen molar-refractivity contribution in [2.75, 3.05) is 13.2 Å². The molecule has 3 aromatic rings. The van der Waals surface area contributed by atoms with Gasteiger partial charge in [0.25, 0.3) is 0 Å². The highest BCUT2D eigenvalue weighted by molar-refractivity contribution is 5.98. The third-order valence-corrected chi connectivity index (χ3v) is 5.29. The van der Waals surface area contributed by atoms with Crippen LogP contribution in [-0.2, 0) is 24.2 Å². The molecule has 0 bridgehead atoms. The number of carbonyl (C=O) groups is 1. The first kappa shape index (κ1) is 17.7. The number of nitrogens with zero attached hydrogens (tertiary/aromatic N) is 2. The first-order valence-corrected chi connectivity index (χ1v) is 9.52. The van der Waals surface area contributed by atoms with E-state index in [1.807, 2.05) is 38.1 Å². The number of fused-ring (bicyclic) bond motifs is 2. The molecule has 4 nitrogen and oxygen atoms in total. The SMILES string of the molecule is CCOC(=O)c1c(CN2CCc3ccccc3C2)nc2ccccc2c1C. The zero-order valence-electron chi connectivity index (χ0n) is 15.9. The number of rotatable bonds is 4. The van der Waals surface area contributed by atoms with Gasteiger partial charge < -0.3 is 4.74 Å². The Kier molecular flexibility index (Phi) is 4.90. The molecule has 0 unspecified atom stereocenters. The van der Waals surface area contributed by atoms with Crippen LogP contribution in [0.3, 0.4) is 0 Å². The van der Waals surface area contributed by atoms with Crippen LogP contribution in [0.15, 0.2) is 48.5 Å². The summed E-state index contributed by atoms with van der Waals surface area (Å²) in [6.07, 6.45) is 1.03. The van der Waals surface area contributed by atoms with E-state index >= 15 is 0 Å². The second-order valence-corrected chi connectivity index (χ2v) is 7.03. The lowest BCUT2D eigenvalue weighted by atomic mass is 9.98. The summed E-state index contributed by atoms with van der Waals surface area (Å²) >= 11 is 0. The summed E-state index contributed by atoms with van der Waals surface area (Å²) in [5.41, 5.74) is 6.08. The topological polar surface area (TPSA) is 42.4 Å². The molecule has 1 aliphatic heterocycles. The number of benzene rings is 2. The molecular formula is C23H24N2O2. The molecule has 0 radical (unpaired) electrons. The zero-order valence-corrected chi connectivity index (χ0v) is 15.9. The molecule has 138 valence electrons. The lowest BCUT2D eigenvalue weighted by Gasteiger charge is -2.29. The van der Waals surface area contributed by atoms with Gasteiger partial charge in [-0.2, -0.15) is 0 Å². The maximum Gasteiger partial charge on any atom is 0.340 e. The molecule has 27 heavy (non-hydrogen) atoms. The number of aryl methyl sites for hydroxylation is 1. The highest BCUT2D eigenvalue weighted by atomic mass is 16.5. The van der Waals surface area contributed by atoms with Gasteiger partial charge in [0.2, 0.25) is 0 Å². The summed E-state index contributed by atoms with van der Waals surface area (Å²) in [5, 5.41) is 1.01. The average Bonchev–Trinajstić information content (AvgIpc) is 2.68. The van der Waals surface area contributed by atoms with Crippen molar-refractivity contribution in [3.05, 3.63) is 76.5 Å². The summed E-state index contributed by atoms with van der Waals surface area (Å²) in [6.45, 7) is 6.68. The smallest absolute Gasteiger partial charge is 0.340 e. The Labute approximate surface area is 159 Å². The van der Waals surface area contributed by atoms with Gasteiger partial charge >= 0.3 is 5.97 Å². The van der Waals surface area contributed by atoms with E-state index in [9.17, 15) is 4.79 Å². The molecule has 0 atom stereocenters. The van der Waals surface area contributed by atoms with Crippen molar-refractivity contribution in [2.45, 2.75) is 33.4 Å². The number of esters is 1. The molecule has 1 aromatic heterocycles. The van der Waals surface area contributed by atoms with Gasteiger partial charge in [-0.15, -0.1) is 0 Å². The molecule has 0 amide bonds. The van der Waals surface area contributed by atoms with Crippen LogP contribution in [0, 0.1) is 6.92 Å². The fraction of sp³-hybridized carbons (Fsp3) is 0.304. The van der Waals surface area contributed by atoms with E-state index in [0.717, 1.165) is 41.7 Å².